The number of allylic oxidation sites excluding steroid dienone is 3. The lowest BCUT2D eigenvalue weighted by atomic mass is 9.72. The Morgan fingerprint density at radius 1 is 0.711 bits per heavy atom. The second-order valence-corrected chi connectivity index (χ2v) is 23.8. The summed E-state index contributed by atoms with van der Waals surface area (Å²) in [5.74, 6) is 4.13. The third-order valence-electron chi connectivity index (χ3n) is 16.5. The summed E-state index contributed by atoms with van der Waals surface area (Å²) in [7, 11) is -2.36. The maximum atomic E-state index is 12.1. The average Bonchev–Trinajstić information content (AvgIpc) is 1.67. The number of ether oxygens (including phenoxy) is 2. The molecule has 1 aliphatic carbocycles. The van der Waals surface area contributed by atoms with Crippen molar-refractivity contribution in [2.75, 3.05) is 13.2 Å². The van der Waals surface area contributed by atoms with Gasteiger partial charge in [-0.25, -0.2) is 9.97 Å². The van der Waals surface area contributed by atoms with Gasteiger partial charge in [-0.05, 0) is 109 Å². The van der Waals surface area contributed by atoms with Crippen LogP contribution in [0.15, 0.2) is 143 Å². The number of unbranched alkanes of at least 4 members (excludes halogenated alkanes) is 4. The van der Waals surface area contributed by atoms with Gasteiger partial charge in [-0.15, -0.1) is 11.3 Å². The van der Waals surface area contributed by atoms with E-state index in [0.717, 1.165) is 35.0 Å². The van der Waals surface area contributed by atoms with Crippen molar-refractivity contribution in [2.24, 2.45) is 17.3 Å². The molecule has 418 valence electrons. The Balaban J connectivity index is 1.22. The molecule has 5 aromatic carbocycles. The number of aryl methyl sites for hydroxylation is 1. The van der Waals surface area contributed by atoms with Gasteiger partial charge in [-0.3, -0.25) is 0 Å². The van der Waals surface area contributed by atoms with Crippen molar-refractivity contribution < 1.29 is 32.5 Å². The van der Waals surface area contributed by atoms with E-state index in [4.69, 9.17) is 42.5 Å². The minimum Gasteiger partial charge on any atom is -0.507 e. The van der Waals surface area contributed by atoms with Gasteiger partial charge in [-0.2, -0.15) is 10.5 Å². The molecular formula is C67H66B2N6O7S. The van der Waals surface area contributed by atoms with Crippen LogP contribution >= 0.6 is 11.3 Å². The maximum absolute atomic E-state index is 12.1. The first-order valence-electron chi connectivity index (χ1n) is 29.2. The number of thiazole rings is 1. The van der Waals surface area contributed by atoms with Gasteiger partial charge in [0.25, 0.3) is 0 Å². The van der Waals surface area contributed by atoms with Gasteiger partial charge in [0.15, 0.2) is 5.58 Å². The molecule has 2 aliphatic heterocycles. The lowest BCUT2D eigenvalue weighted by molar-refractivity contribution is 0.111. The number of fused-ring (bicyclic) bond motifs is 4. The first-order chi connectivity index (χ1) is 40.5. The van der Waals surface area contributed by atoms with Gasteiger partial charge in [-0.1, -0.05) is 141 Å². The fourth-order valence-corrected chi connectivity index (χ4v) is 12.6. The van der Waals surface area contributed by atoms with E-state index in [9.17, 15) is 10.5 Å². The molecule has 12 rings (SSSR count). The third kappa shape index (κ3) is 10.5. The van der Waals surface area contributed by atoms with Crippen LogP contribution in [0.3, 0.4) is 0 Å². The largest absolute Gasteiger partial charge is 0.743 e. The Morgan fingerprint density at radius 3 is 2.01 bits per heavy atom. The average molecular weight is 1120 g/mol. The monoisotopic (exact) mass is 1120 g/mol. The Hall–Kier alpha value is -8.59. The number of aromatic nitrogens is 4. The molecule has 0 amide bonds. The molecule has 0 radical (unpaired) electrons. The normalized spacial score (nSPS) is 15.5. The van der Waals surface area contributed by atoms with Crippen LogP contribution in [0.2, 0.25) is 0 Å². The fourth-order valence-electron chi connectivity index (χ4n) is 11.7. The molecule has 0 spiro atoms. The van der Waals surface area contributed by atoms with Crippen LogP contribution in [0.4, 0.5) is 0 Å². The first kappa shape index (κ1) is 55.0. The maximum Gasteiger partial charge on any atom is 0.743 e. The van der Waals surface area contributed by atoms with Crippen LogP contribution in [-0.2, 0) is 9.31 Å². The number of nitrogens with zero attached hydrogens (tertiary/aromatic N) is 6. The quantitative estimate of drug-likeness (QED) is 0.0529. The van der Waals surface area contributed by atoms with Crippen LogP contribution in [0.25, 0.3) is 65.7 Å². The molecule has 0 N–H and O–H groups in total. The highest BCUT2D eigenvalue weighted by Crippen LogP contribution is 2.43. The molecule has 4 aromatic heterocycles. The highest BCUT2D eigenvalue weighted by molar-refractivity contribution is 7.19. The Bertz CT molecular complexity index is 4180. The van der Waals surface area contributed by atoms with Crippen molar-refractivity contribution in [3.05, 3.63) is 166 Å². The summed E-state index contributed by atoms with van der Waals surface area (Å²) >= 11 is 1.42. The number of hydrogen-bond donors (Lipinski definition) is 0. The molecule has 3 aliphatic rings. The number of para-hydroxylation sites is 3. The highest BCUT2D eigenvalue weighted by atomic mass is 32.1. The second-order valence-electron chi connectivity index (χ2n) is 22.7. The number of benzene rings is 5. The Morgan fingerprint density at radius 2 is 1.36 bits per heavy atom. The third-order valence-corrected chi connectivity index (χ3v) is 17.6. The molecular weight excluding hydrogens is 1050 g/mol. The van der Waals surface area contributed by atoms with Crippen molar-refractivity contribution in [2.45, 2.75) is 106 Å². The molecule has 0 bridgehead atoms. The lowest BCUT2D eigenvalue weighted by Crippen LogP contribution is -2.43. The molecule has 2 atom stereocenters. The van der Waals surface area contributed by atoms with Crippen molar-refractivity contribution in [3.63, 3.8) is 0 Å². The van der Waals surface area contributed by atoms with Gasteiger partial charge in [0.1, 0.15) is 68.3 Å². The minimum atomic E-state index is -1.19. The van der Waals surface area contributed by atoms with Gasteiger partial charge < -0.3 is 41.5 Å². The molecule has 6 heterocycles. The minimum absolute atomic E-state index is 0.0718. The molecule has 0 saturated heterocycles. The summed E-state index contributed by atoms with van der Waals surface area (Å²) in [6.07, 6.45) is 13.7. The zero-order valence-corrected chi connectivity index (χ0v) is 49.0. The van der Waals surface area contributed by atoms with E-state index in [0.29, 0.717) is 114 Å². The summed E-state index contributed by atoms with van der Waals surface area (Å²) in [6.45, 7) is 16.4. The van der Waals surface area contributed by atoms with Crippen molar-refractivity contribution in [3.8, 4) is 57.7 Å². The SMILES string of the molecule is CCCCCCCC(C)(CC)C(C)COc1cccc(-c2c3/c(=C(\C#N)c4nc5cc(C)ccc5o4)n(B4OC5=C(CCC=C5)O4)c(-c4cccc(OCC(C)C)c4)c3/c(=C(\C#N)c3nc4ccccc4s3)n2B2Oc3ccccc3O2)c1. The smallest absolute Gasteiger partial charge is 0.507 e. The van der Waals surface area contributed by atoms with Gasteiger partial charge >= 0.3 is 14.5 Å². The van der Waals surface area contributed by atoms with E-state index in [1.54, 1.807) is 0 Å². The molecule has 0 fully saturated rings. The Kier molecular flexibility index (Phi) is 15.5. The fraction of sp³-hybridized carbons (Fsp3) is 0.313. The number of hydrogen-bond acceptors (Lipinski definition) is 12. The standard InChI is InChI=1S/C67H66B2N6O7S/c1-8-10-11-12-19-34-67(7,9-2)44(6)41-77-48-25-21-23-46(37-48)61-59-60(64(75(61)69-81-56-29-16-17-30-57(56)82-69)50(39-71)66-73-51-26-13-18-31-58(51)83-66)62(45-22-20-24-47(36-45)76-40-42(3)4)74(68-79-54-27-14-15-28-55(54)80-68)63(59)49(38-70)65-72-52-35-43(5)32-33-53(52)78-65/h13-14,16-18,20-27,29-33,35-37,42,44H,8-12,15,19,28,34,40-41H2,1-7H3/b63-49-,64-50-. The Labute approximate surface area is 489 Å². The van der Waals surface area contributed by atoms with Crippen molar-refractivity contribution in [1.82, 2.24) is 18.9 Å². The number of oxazole rings is 1. The highest BCUT2D eigenvalue weighted by Gasteiger charge is 2.46. The molecule has 2 unspecified atom stereocenters. The predicted octanol–water partition coefficient (Wildman–Crippen LogP) is 14.9. The van der Waals surface area contributed by atoms with Crippen molar-refractivity contribution >= 4 is 69.1 Å². The summed E-state index contributed by atoms with van der Waals surface area (Å²) in [6, 6.07) is 42.3. The van der Waals surface area contributed by atoms with Crippen LogP contribution in [0.1, 0.15) is 116 Å². The van der Waals surface area contributed by atoms with Gasteiger partial charge in [0, 0.05) is 28.3 Å². The topological polar surface area (TPSA) is 152 Å². The summed E-state index contributed by atoms with van der Waals surface area (Å²) in [4.78, 5) is 10.3. The zero-order valence-electron chi connectivity index (χ0n) is 48.2. The number of rotatable bonds is 20. The van der Waals surface area contributed by atoms with Crippen molar-refractivity contribution in [1.29, 1.82) is 10.5 Å². The van der Waals surface area contributed by atoms with Crippen LogP contribution in [0, 0.1) is 46.8 Å². The zero-order chi connectivity index (χ0) is 57.4. The van der Waals surface area contributed by atoms with E-state index in [2.05, 4.69) is 59.8 Å². The lowest BCUT2D eigenvalue weighted by Gasteiger charge is -2.35. The number of nitriles is 2. The van der Waals surface area contributed by atoms with E-state index < -0.39 is 14.5 Å². The summed E-state index contributed by atoms with van der Waals surface area (Å²) in [5, 5.41) is 26.4. The van der Waals surface area contributed by atoms with E-state index in [1.807, 2.05) is 137 Å². The molecule has 9 aromatic rings. The van der Waals surface area contributed by atoms with E-state index >= 15 is 0 Å². The van der Waals surface area contributed by atoms with Crippen LogP contribution < -0.4 is 29.5 Å². The summed E-state index contributed by atoms with van der Waals surface area (Å²) < 4.78 is 52.8. The molecule has 13 nitrogen and oxygen atoms in total. The van der Waals surface area contributed by atoms with Crippen LogP contribution in [0.5, 0.6) is 23.0 Å². The van der Waals surface area contributed by atoms with E-state index in [-0.39, 0.29) is 34.3 Å². The summed E-state index contributed by atoms with van der Waals surface area (Å²) in [5.41, 5.74) is 5.67. The molecule has 83 heavy (non-hydrogen) atoms. The van der Waals surface area contributed by atoms with E-state index in [1.165, 1.54) is 43.4 Å². The first-order valence-corrected chi connectivity index (χ1v) is 30.0. The second kappa shape index (κ2) is 23.3. The van der Waals surface area contributed by atoms with Gasteiger partial charge in [0.05, 0.1) is 45.5 Å². The molecule has 0 saturated carbocycles. The predicted molar refractivity (Wildman–Crippen MR) is 329 cm³/mol. The van der Waals surface area contributed by atoms with Gasteiger partial charge in [0.2, 0.25) is 5.89 Å². The molecule has 16 heteroatoms. The van der Waals surface area contributed by atoms with Crippen LogP contribution in [-0.4, -0.2) is 46.6 Å².